The molecule has 50 valence electrons. The molecule has 0 bridgehead atoms. The standard InChI is InChI=1S/C5H6O4/c1-3(6)4-2-8-5(7)9-4/h4,6H,1-2H2. The van der Waals surface area contributed by atoms with Crippen LogP contribution >= 0.6 is 0 Å². The lowest BCUT2D eigenvalue weighted by Gasteiger charge is -2.00. The maximum Gasteiger partial charge on any atom is 0.509 e. The average molecular weight is 130 g/mol. The fraction of sp³-hybridized carbons (Fsp3) is 0.400. The summed E-state index contributed by atoms with van der Waals surface area (Å²) in [6.45, 7) is 3.23. The van der Waals surface area contributed by atoms with Gasteiger partial charge in [0.25, 0.3) is 0 Å². The first-order valence-electron chi connectivity index (χ1n) is 2.41. The number of ether oxygens (including phenoxy) is 2. The second-order valence-corrected chi connectivity index (χ2v) is 1.66. The van der Waals surface area contributed by atoms with Crippen LogP contribution in [0, 0.1) is 0 Å². The van der Waals surface area contributed by atoms with Crippen LogP contribution in [0.1, 0.15) is 0 Å². The van der Waals surface area contributed by atoms with Crippen molar-refractivity contribution >= 4 is 6.16 Å². The van der Waals surface area contributed by atoms with E-state index in [0.29, 0.717) is 0 Å². The molecule has 0 saturated carbocycles. The van der Waals surface area contributed by atoms with Gasteiger partial charge in [-0.05, 0) is 0 Å². The lowest BCUT2D eigenvalue weighted by Crippen LogP contribution is -2.11. The van der Waals surface area contributed by atoms with Crippen molar-refractivity contribution in [3.05, 3.63) is 12.3 Å². The zero-order valence-corrected chi connectivity index (χ0v) is 4.66. The van der Waals surface area contributed by atoms with Crippen LogP contribution in [0.4, 0.5) is 4.79 Å². The van der Waals surface area contributed by atoms with Gasteiger partial charge in [0.2, 0.25) is 0 Å². The summed E-state index contributed by atoms with van der Waals surface area (Å²) in [6, 6.07) is 0. The molecular weight excluding hydrogens is 124 g/mol. The molecule has 1 saturated heterocycles. The highest BCUT2D eigenvalue weighted by atomic mass is 16.8. The van der Waals surface area contributed by atoms with E-state index in [4.69, 9.17) is 5.11 Å². The molecule has 0 spiro atoms. The minimum atomic E-state index is -0.754. The van der Waals surface area contributed by atoms with Crippen LogP contribution < -0.4 is 0 Å². The maximum absolute atomic E-state index is 10.2. The first-order valence-corrected chi connectivity index (χ1v) is 2.41. The van der Waals surface area contributed by atoms with Crippen LogP contribution in [0.5, 0.6) is 0 Å². The highest BCUT2D eigenvalue weighted by Crippen LogP contribution is 2.10. The van der Waals surface area contributed by atoms with E-state index in [1.54, 1.807) is 0 Å². The summed E-state index contributed by atoms with van der Waals surface area (Å²) in [7, 11) is 0. The first-order chi connectivity index (χ1) is 4.20. The van der Waals surface area contributed by atoms with E-state index in [-0.39, 0.29) is 12.4 Å². The quantitative estimate of drug-likeness (QED) is 0.417. The molecule has 0 aromatic rings. The van der Waals surface area contributed by atoms with Crippen molar-refractivity contribution in [3.8, 4) is 0 Å². The molecule has 0 aliphatic carbocycles. The summed E-state index contributed by atoms with van der Waals surface area (Å²) < 4.78 is 8.76. The Hall–Kier alpha value is -1.19. The van der Waals surface area contributed by atoms with E-state index in [2.05, 4.69) is 16.1 Å². The van der Waals surface area contributed by atoms with Crippen molar-refractivity contribution < 1.29 is 19.4 Å². The summed E-state index contributed by atoms with van der Waals surface area (Å²) >= 11 is 0. The largest absolute Gasteiger partial charge is 0.509 e. The van der Waals surface area contributed by atoms with Crippen molar-refractivity contribution in [1.82, 2.24) is 0 Å². The molecule has 1 atom stereocenters. The first kappa shape index (κ1) is 5.94. The van der Waals surface area contributed by atoms with E-state index in [9.17, 15) is 4.79 Å². The summed E-state index contributed by atoms with van der Waals surface area (Å²) in [6.07, 6.45) is -1.42. The number of aliphatic hydroxyl groups excluding tert-OH is 1. The predicted octanol–water partition coefficient (Wildman–Crippen LogP) is 0.593. The van der Waals surface area contributed by atoms with Crippen molar-refractivity contribution in [1.29, 1.82) is 0 Å². The van der Waals surface area contributed by atoms with Crippen LogP contribution in [0.3, 0.4) is 0 Å². The van der Waals surface area contributed by atoms with Crippen LogP contribution in [0.25, 0.3) is 0 Å². The van der Waals surface area contributed by atoms with E-state index in [0.717, 1.165) is 0 Å². The van der Waals surface area contributed by atoms with Gasteiger partial charge in [0.05, 0.1) is 0 Å². The van der Waals surface area contributed by atoms with Crippen LogP contribution in [0.15, 0.2) is 12.3 Å². The lowest BCUT2D eigenvalue weighted by molar-refractivity contribution is 0.115. The average Bonchev–Trinajstić information content (AvgIpc) is 2.14. The Morgan fingerprint density at radius 2 is 2.56 bits per heavy atom. The molecule has 1 heterocycles. The Morgan fingerprint density at radius 1 is 1.89 bits per heavy atom. The molecule has 1 rings (SSSR count). The van der Waals surface area contributed by atoms with Gasteiger partial charge < -0.3 is 14.6 Å². The Balaban J connectivity index is 2.48. The summed E-state index contributed by atoms with van der Waals surface area (Å²) in [5, 5.41) is 8.62. The van der Waals surface area contributed by atoms with E-state index in [1.807, 2.05) is 0 Å². The molecule has 0 radical (unpaired) electrons. The smallest absolute Gasteiger partial charge is 0.509 e. The molecule has 0 aromatic heterocycles. The molecule has 4 heteroatoms. The third-order valence-corrected chi connectivity index (χ3v) is 0.963. The van der Waals surface area contributed by atoms with Gasteiger partial charge in [0.1, 0.15) is 12.4 Å². The van der Waals surface area contributed by atoms with Crippen LogP contribution in [0.2, 0.25) is 0 Å². The number of aliphatic hydroxyl groups is 1. The topological polar surface area (TPSA) is 55.8 Å². The highest BCUT2D eigenvalue weighted by molar-refractivity contribution is 5.62. The molecule has 1 aliphatic heterocycles. The second kappa shape index (κ2) is 1.97. The number of hydrogen-bond donors (Lipinski definition) is 1. The molecule has 1 N–H and O–H groups in total. The Labute approximate surface area is 51.7 Å². The predicted molar refractivity (Wildman–Crippen MR) is 28.0 cm³/mol. The van der Waals surface area contributed by atoms with E-state index < -0.39 is 12.3 Å². The number of carbonyl (C=O) groups is 1. The number of hydrogen-bond acceptors (Lipinski definition) is 4. The summed E-state index contributed by atoms with van der Waals surface area (Å²) in [5.74, 6) is -0.180. The molecule has 1 unspecified atom stereocenters. The van der Waals surface area contributed by atoms with Gasteiger partial charge >= 0.3 is 6.16 Å². The van der Waals surface area contributed by atoms with Gasteiger partial charge in [-0.15, -0.1) is 0 Å². The molecule has 9 heavy (non-hydrogen) atoms. The Bertz CT molecular complexity index is 151. The summed E-state index contributed by atoms with van der Waals surface area (Å²) in [4.78, 5) is 10.2. The van der Waals surface area contributed by atoms with E-state index in [1.165, 1.54) is 0 Å². The van der Waals surface area contributed by atoms with Gasteiger partial charge in [-0.1, -0.05) is 6.58 Å². The van der Waals surface area contributed by atoms with Gasteiger partial charge in [-0.25, -0.2) is 4.79 Å². The van der Waals surface area contributed by atoms with Gasteiger partial charge in [-0.2, -0.15) is 0 Å². The van der Waals surface area contributed by atoms with Crippen molar-refractivity contribution in [2.75, 3.05) is 6.61 Å². The minimum absolute atomic E-state index is 0.0637. The number of cyclic esters (lactones) is 2. The molecule has 4 nitrogen and oxygen atoms in total. The van der Waals surface area contributed by atoms with Gasteiger partial charge in [-0.3, -0.25) is 0 Å². The third kappa shape index (κ3) is 1.13. The van der Waals surface area contributed by atoms with Gasteiger partial charge in [0, 0.05) is 0 Å². The SMILES string of the molecule is C=C(O)C1COC(=O)O1. The molecular formula is C5H6O4. The Kier molecular flexibility index (Phi) is 1.30. The molecule has 1 fully saturated rings. The molecule has 0 aromatic carbocycles. The van der Waals surface area contributed by atoms with Crippen LogP contribution in [-0.2, 0) is 9.47 Å². The third-order valence-electron chi connectivity index (χ3n) is 0.963. The Morgan fingerprint density at radius 3 is 2.78 bits per heavy atom. The fourth-order valence-electron chi connectivity index (χ4n) is 0.492. The van der Waals surface area contributed by atoms with Crippen molar-refractivity contribution in [3.63, 3.8) is 0 Å². The minimum Gasteiger partial charge on any atom is -0.509 e. The number of rotatable bonds is 1. The molecule has 1 aliphatic rings. The summed E-state index contributed by atoms with van der Waals surface area (Å²) in [5.41, 5.74) is 0. The normalized spacial score (nSPS) is 24.9. The molecule has 0 amide bonds. The zero-order valence-electron chi connectivity index (χ0n) is 4.66. The maximum atomic E-state index is 10.2. The fourth-order valence-corrected chi connectivity index (χ4v) is 0.492. The zero-order chi connectivity index (χ0) is 6.85. The number of carbonyl (C=O) groups excluding carboxylic acids is 1. The van der Waals surface area contributed by atoms with E-state index >= 15 is 0 Å². The highest BCUT2D eigenvalue weighted by Gasteiger charge is 2.26. The van der Waals surface area contributed by atoms with Gasteiger partial charge in [0.15, 0.2) is 6.10 Å². The monoisotopic (exact) mass is 130 g/mol. The van der Waals surface area contributed by atoms with Crippen molar-refractivity contribution in [2.24, 2.45) is 0 Å². The van der Waals surface area contributed by atoms with Crippen molar-refractivity contribution in [2.45, 2.75) is 6.10 Å². The lowest BCUT2D eigenvalue weighted by atomic mass is 10.3. The van der Waals surface area contributed by atoms with Crippen LogP contribution in [-0.4, -0.2) is 24.0 Å². The second-order valence-electron chi connectivity index (χ2n) is 1.66.